The molecule has 3 rings (SSSR count). The zero-order chi connectivity index (χ0) is 14.1. The van der Waals surface area contributed by atoms with Crippen LogP contribution >= 0.6 is 0 Å². The molecule has 2 unspecified atom stereocenters. The van der Waals surface area contributed by atoms with Crippen LogP contribution in [0, 0.1) is 0 Å². The Morgan fingerprint density at radius 3 is 3.05 bits per heavy atom. The highest BCUT2D eigenvalue weighted by Gasteiger charge is 2.31. The van der Waals surface area contributed by atoms with Crippen LogP contribution in [0.2, 0.25) is 0 Å². The molecule has 2 aliphatic rings. The van der Waals surface area contributed by atoms with E-state index in [9.17, 15) is 9.90 Å². The first-order valence-corrected chi connectivity index (χ1v) is 7.30. The Hall–Kier alpha value is -1.59. The summed E-state index contributed by atoms with van der Waals surface area (Å²) in [5.41, 5.74) is 2.98. The zero-order valence-electron chi connectivity index (χ0n) is 11.7. The van der Waals surface area contributed by atoms with Crippen molar-refractivity contribution in [2.45, 2.75) is 31.9 Å². The van der Waals surface area contributed by atoms with E-state index in [1.54, 1.807) is 0 Å². The Morgan fingerprint density at radius 2 is 2.35 bits per heavy atom. The molecule has 2 heterocycles. The van der Waals surface area contributed by atoms with Gasteiger partial charge in [-0.05, 0) is 31.5 Å². The maximum Gasteiger partial charge on any atom is 0.246 e. The SMILES string of the molecule is CCCNC1C(=O)Nc2cc(N3CCC(O)C3)ccc21. The van der Waals surface area contributed by atoms with E-state index in [0.29, 0.717) is 6.54 Å². The van der Waals surface area contributed by atoms with Crippen molar-refractivity contribution in [3.05, 3.63) is 23.8 Å². The van der Waals surface area contributed by atoms with Crippen molar-refractivity contribution in [2.75, 3.05) is 29.9 Å². The van der Waals surface area contributed by atoms with Crippen LogP contribution in [0.25, 0.3) is 0 Å². The number of hydrogen-bond acceptors (Lipinski definition) is 4. The minimum Gasteiger partial charge on any atom is -0.391 e. The number of nitrogens with zero attached hydrogens (tertiary/aromatic N) is 1. The Morgan fingerprint density at radius 1 is 1.50 bits per heavy atom. The number of nitrogens with one attached hydrogen (secondary N) is 2. The quantitative estimate of drug-likeness (QED) is 0.774. The summed E-state index contributed by atoms with van der Waals surface area (Å²) in [6.07, 6.45) is 1.57. The lowest BCUT2D eigenvalue weighted by Crippen LogP contribution is -2.27. The van der Waals surface area contributed by atoms with E-state index in [-0.39, 0.29) is 18.1 Å². The van der Waals surface area contributed by atoms with Crippen LogP contribution in [0.5, 0.6) is 0 Å². The monoisotopic (exact) mass is 275 g/mol. The molecule has 2 aliphatic heterocycles. The lowest BCUT2D eigenvalue weighted by Gasteiger charge is -2.19. The van der Waals surface area contributed by atoms with Crippen molar-refractivity contribution >= 4 is 17.3 Å². The van der Waals surface area contributed by atoms with Crippen molar-refractivity contribution in [3.8, 4) is 0 Å². The van der Waals surface area contributed by atoms with Gasteiger partial charge < -0.3 is 20.6 Å². The first-order valence-electron chi connectivity index (χ1n) is 7.30. The smallest absolute Gasteiger partial charge is 0.246 e. The number of benzene rings is 1. The number of aliphatic hydroxyl groups excluding tert-OH is 1. The van der Waals surface area contributed by atoms with E-state index in [0.717, 1.165) is 42.9 Å². The highest BCUT2D eigenvalue weighted by Crippen LogP contribution is 2.34. The van der Waals surface area contributed by atoms with Gasteiger partial charge >= 0.3 is 0 Å². The lowest BCUT2D eigenvalue weighted by molar-refractivity contribution is -0.117. The number of β-amino-alcohol motifs (C(OH)–C–C–N with tert-alkyl or cyclic N) is 1. The predicted molar refractivity (Wildman–Crippen MR) is 78.9 cm³/mol. The normalized spacial score (nSPS) is 24.9. The number of amides is 1. The van der Waals surface area contributed by atoms with E-state index in [1.807, 2.05) is 18.2 Å². The number of fused-ring (bicyclic) bond motifs is 1. The van der Waals surface area contributed by atoms with E-state index in [1.165, 1.54) is 0 Å². The maximum atomic E-state index is 12.0. The average molecular weight is 275 g/mol. The summed E-state index contributed by atoms with van der Waals surface area (Å²) in [5, 5.41) is 15.8. The molecule has 1 amide bonds. The molecule has 0 bridgehead atoms. The first kappa shape index (κ1) is 13.4. The number of carbonyl (C=O) groups excluding carboxylic acids is 1. The van der Waals surface area contributed by atoms with Crippen LogP contribution in [0.4, 0.5) is 11.4 Å². The van der Waals surface area contributed by atoms with E-state index < -0.39 is 0 Å². The van der Waals surface area contributed by atoms with Crippen LogP contribution < -0.4 is 15.5 Å². The molecule has 0 aromatic heterocycles. The fourth-order valence-corrected chi connectivity index (χ4v) is 2.91. The minimum atomic E-state index is -0.239. The number of carbonyl (C=O) groups is 1. The largest absolute Gasteiger partial charge is 0.391 e. The van der Waals surface area contributed by atoms with E-state index >= 15 is 0 Å². The molecule has 0 aliphatic carbocycles. The second-order valence-electron chi connectivity index (χ2n) is 5.54. The fraction of sp³-hybridized carbons (Fsp3) is 0.533. The first-order chi connectivity index (χ1) is 9.69. The third kappa shape index (κ3) is 2.39. The average Bonchev–Trinajstić information content (AvgIpc) is 2.99. The van der Waals surface area contributed by atoms with Crippen LogP contribution in [0.3, 0.4) is 0 Å². The van der Waals surface area contributed by atoms with Gasteiger partial charge in [0.15, 0.2) is 0 Å². The lowest BCUT2D eigenvalue weighted by atomic mass is 10.1. The second-order valence-corrected chi connectivity index (χ2v) is 5.54. The van der Waals surface area contributed by atoms with Gasteiger partial charge in [-0.2, -0.15) is 0 Å². The molecule has 0 saturated carbocycles. The number of aliphatic hydroxyl groups is 1. The molecule has 5 nitrogen and oxygen atoms in total. The summed E-state index contributed by atoms with van der Waals surface area (Å²) in [6, 6.07) is 5.83. The Balaban J connectivity index is 1.80. The standard InChI is InChI=1S/C15H21N3O2/c1-2-6-16-14-12-4-3-10(8-13(12)17-15(14)20)18-7-5-11(19)9-18/h3-4,8,11,14,16,19H,2,5-7,9H2,1H3,(H,17,20). The van der Waals surface area contributed by atoms with Crippen LogP contribution in [-0.4, -0.2) is 36.8 Å². The Labute approximate surface area is 119 Å². The Bertz CT molecular complexity index is 518. The van der Waals surface area contributed by atoms with Gasteiger partial charge in [-0.15, -0.1) is 0 Å². The highest BCUT2D eigenvalue weighted by atomic mass is 16.3. The number of hydrogen-bond donors (Lipinski definition) is 3. The van der Waals surface area contributed by atoms with Crippen molar-refractivity contribution in [1.82, 2.24) is 5.32 Å². The summed E-state index contributed by atoms with van der Waals surface area (Å²) in [7, 11) is 0. The summed E-state index contributed by atoms with van der Waals surface area (Å²) in [6.45, 7) is 4.45. The maximum absolute atomic E-state index is 12.0. The van der Waals surface area contributed by atoms with Gasteiger partial charge in [-0.1, -0.05) is 13.0 Å². The molecule has 1 aromatic carbocycles. The third-order valence-corrected chi connectivity index (χ3v) is 3.99. The van der Waals surface area contributed by atoms with Crippen molar-refractivity contribution < 1.29 is 9.90 Å². The van der Waals surface area contributed by atoms with Crippen LogP contribution in [0.1, 0.15) is 31.4 Å². The number of anilines is 2. The summed E-state index contributed by atoms with van der Waals surface area (Å²) in [5.74, 6) is 0.0204. The molecule has 20 heavy (non-hydrogen) atoms. The fourth-order valence-electron chi connectivity index (χ4n) is 2.91. The number of rotatable bonds is 4. The van der Waals surface area contributed by atoms with Crippen LogP contribution in [-0.2, 0) is 4.79 Å². The zero-order valence-corrected chi connectivity index (χ0v) is 11.7. The van der Waals surface area contributed by atoms with Gasteiger partial charge in [-0.3, -0.25) is 4.79 Å². The summed E-state index contributed by atoms with van der Waals surface area (Å²) in [4.78, 5) is 14.2. The molecule has 1 aromatic rings. The topological polar surface area (TPSA) is 64.6 Å². The minimum absolute atomic E-state index is 0.0204. The van der Waals surface area contributed by atoms with Gasteiger partial charge in [0.1, 0.15) is 6.04 Å². The molecule has 1 saturated heterocycles. The molecular formula is C15H21N3O2. The molecular weight excluding hydrogens is 254 g/mol. The molecule has 0 radical (unpaired) electrons. The summed E-state index contributed by atoms with van der Waals surface area (Å²) < 4.78 is 0. The van der Waals surface area contributed by atoms with Crippen molar-refractivity contribution in [3.63, 3.8) is 0 Å². The summed E-state index contributed by atoms with van der Waals surface area (Å²) >= 11 is 0. The van der Waals surface area contributed by atoms with Crippen molar-refractivity contribution in [1.29, 1.82) is 0 Å². The van der Waals surface area contributed by atoms with E-state index in [4.69, 9.17) is 0 Å². The molecule has 2 atom stereocenters. The van der Waals surface area contributed by atoms with Gasteiger partial charge in [0, 0.05) is 30.0 Å². The predicted octanol–water partition coefficient (Wildman–Crippen LogP) is 1.25. The highest BCUT2D eigenvalue weighted by molar-refractivity contribution is 6.03. The van der Waals surface area contributed by atoms with Crippen LogP contribution in [0.15, 0.2) is 18.2 Å². The van der Waals surface area contributed by atoms with Gasteiger partial charge in [0.25, 0.3) is 0 Å². The van der Waals surface area contributed by atoms with Gasteiger partial charge in [-0.25, -0.2) is 0 Å². The second kappa shape index (κ2) is 5.42. The third-order valence-electron chi connectivity index (χ3n) is 3.99. The Kier molecular flexibility index (Phi) is 3.63. The molecule has 0 spiro atoms. The van der Waals surface area contributed by atoms with E-state index in [2.05, 4.69) is 22.5 Å². The van der Waals surface area contributed by atoms with Gasteiger partial charge in [0.2, 0.25) is 5.91 Å². The van der Waals surface area contributed by atoms with Crippen molar-refractivity contribution in [2.24, 2.45) is 0 Å². The molecule has 108 valence electrons. The molecule has 3 N–H and O–H groups in total. The van der Waals surface area contributed by atoms with Gasteiger partial charge in [0.05, 0.1) is 6.10 Å². The molecule has 5 heteroatoms. The molecule has 1 fully saturated rings.